The highest BCUT2D eigenvalue weighted by atomic mass is 35.5. The van der Waals surface area contributed by atoms with Crippen molar-refractivity contribution in [3.05, 3.63) is 65.2 Å². The van der Waals surface area contributed by atoms with E-state index in [-0.39, 0.29) is 17.9 Å². The third-order valence-corrected chi connectivity index (χ3v) is 6.65. The molecule has 0 saturated carbocycles. The minimum absolute atomic E-state index is 0.187. The summed E-state index contributed by atoms with van der Waals surface area (Å²) in [6, 6.07) is 18.0. The molecule has 0 radical (unpaired) electrons. The molecule has 0 bridgehead atoms. The first-order valence-electron chi connectivity index (χ1n) is 11.0. The minimum Gasteiger partial charge on any atom is -0.491 e. The molecular weight excluding hydrogens is 426 g/mol. The maximum absolute atomic E-state index is 12.3. The standard InChI is InChI=1S/C26H24ClNO4/c27-25-21(4-1-5-22(25)23-10-11-24(29)28-26(23)30)18-7-6-17-14-19(9-8-16(17)13-18)32-15-20-3-2-12-31-20/h1,4-9,13-14,20,23H,2-3,10-12,15H2,(H,28,29,30). The highest BCUT2D eigenvalue weighted by molar-refractivity contribution is 6.34. The fourth-order valence-corrected chi connectivity index (χ4v) is 4.85. The number of hydrogen-bond donors (Lipinski definition) is 1. The van der Waals surface area contributed by atoms with Gasteiger partial charge in [-0.1, -0.05) is 48.0 Å². The van der Waals surface area contributed by atoms with E-state index in [1.54, 1.807) is 0 Å². The van der Waals surface area contributed by atoms with Gasteiger partial charge in [0, 0.05) is 18.6 Å². The van der Waals surface area contributed by atoms with Crippen LogP contribution in [0.1, 0.15) is 37.2 Å². The predicted octanol–water partition coefficient (Wildman–Crippen LogP) is 5.24. The number of rotatable bonds is 5. The first-order valence-corrected chi connectivity index (χ1v) is 11.4. The monoisotopic (exact) mass is 449 g/mol. The van der Waals surface area contributed by atoms with Crippen LogP contribution in [-0.4, -0.2) is 31.1 Å². The molecular formula is C26H24ClNO4. The molecule has 2 amide bonds. The van der Waals surface area contributed by atoms with Gasteiger partial charge in [0.05, 0.1) is 17.0 Å². The lowest BCUT2D eigenvalue weighted by molar-refractivity contribution is -0.134. The Kier molecular flexibility index (Phi) is 5.85. The zero-order valence-corrected chi connectivity index (χ0v) is 18.4. The normalized spacial score (nSPS) is 21.0. The Morgan fingerprint density at radius 1 is 1.03 bits per heavy atom. The first-order chi connectivity index (χ1) is 15.6. The van der Waals surface area contributed by atoms with E-state index >= 15 is 0 Å². The number of carbonyl (C=O) groups excluding carboxylic acids is 2. The molecule has 2 heterocycles. The van der Waals surface area contributed by atoms with Crippen molar-refractivity contribution < 1.29 is 19.1 Å². The van der Waals surface area contributed by atoms with E-state index < -0.39 is 5.92 Å². The van der Waals surface area contributed by atoms with Crippen molar-refractivity contribution >= 4 is 34.2 Å². The van der Waals surface area contributed by atoms with Crippen LogP contribution in [0.2, 0.25) is 5.02 Å². The van der Waals surface area contributed by atoms with Gasteiger partial charge in [0.2, 0.25) is 11.8 Å². The van der Waals surface area contributed by atoms with Crippen LogP contribution in [0.5, 0.6) is 5.75 Å². The molecule has 164 valence electrons. The molecule has 2 aliphatic rings. The summed E-state index contributed by atoms with van der Waals surface area (Å²) in [5, 5.41) is 5.13. The van der Waals surface area contributed by atoms with Crippen LogP contribution in [0.3, 0.4) is 0 Å². The Bertz CT molecular complexity index is 1190. The van der Waals surface area contributed by atoms with E-state index in [0.717, 1.165) is 52.7 Å². The van der Waals surface area contributed by atoms with Crippen LogP contribution in [0.15, 0.2) is 54.6 Å². The second-order valence-electron chi connectivity index (χ2n) is 8.38. The number of carbonyl (C=O) groups is 2. The van der Waals surface area contributed by atoms with Gasteiger partial charge in [-0.25, -0.2) is 0 Å². The molecule has 1 N–H and O–H groups in total. The van der Waals surface area contributed by atoms with Crippen LogP contribution in [0.25, 0.3) is 21.9 Å². The number of imide groups is 1. The maximum atomic E-state index is 12.3. The fourth-order valence-electron chi connectivity index (χ4n) is 4.48. The molecule has 2 atom stereocenters. The van der Waals surface area contributed by atoms with E-state index in [9.17, 15) is 9.59 Å². The van der Waals surface area contributed by atoms with E-state index in [2.05, 4.69) is 17.4 Å². The van der Waals surface area contributed by atoms with Gasteiger partial charge in [-0.05, 0) is 59.4 Å². The van der Waals surface area contributed by atoms with Crippen molar-refractivity contribution in [3.63, 3.8) is 0 Å². The molecule has 6 heteroatoms. The van der Waals surface area contributed by atoms with Crippen LogP contribution < -0.4 is 10.1 Å². The lowest BCUT2D eigenvalue weighted by Crippen LogP contribution is -2.39. The molecule has 0 spiro atoms. The summed E-state index contributed by atoms with van der Waals surface area (Å²) in [5.41, 5.74) is 2.60. The largest absolute Gasteiger partial charge is 0.491 e. The van der Waals surface area contributed by atoms with Crippen molar-refractivity contribution in [2.24, 2.45) is 0 Å². The average Bonchev–Trinajstić information content (AvgIpc) is 3.32. The van der Waals surface area contributed by atoms with Gasteiger partial charge >= 0.3 is 0 Å². The summed E-state index contributed by atoms with van der Waals surface area (Å²) < 4.78 is 11.5. The Morgan fingerprint density at radius 3 is 2.69 bits per heavy atom. The highest BCUT2D eigenvalue weighted by Gasteiger charge is 2.30. The molecule has 3 aromatic carbocycles. The van der Waals surface area contributed by atoms with Gasteiger partial charge in [0.25, 0.3) is 0 Å². The third-order valence-electron chi connectivity index (χ3n) is 6.23. The molecule has 2 aliphatic heterocycles. The van der Waals surface area contributed by atoms with Gasteiger partial charge in [-0.3, -0.25) is 14.9 Å². The second kappa shape index (κ2) is 8.93. The topological polar surface area (TPSA) is 64.6 Å². The third kappa shape index (κ3) is 4.23. The Hall–Kier alpha value is -2.89. The van der Waals surface area contributed by atoms with Crippen molar-refractivity contribution in [3.8, 4) is 16.9 Å². The summed E-state index contributed by atoms with van der Waals surface area (Å²) in [4.78, 5) is 23.8. The van der Waals surface area contributed by atoms with E-state index in [1.165, 1.54) is 0 Å². The summed E-state index contributed by atoms with van der Waals surface area (Å²) in [6.45, 7) is 1.40. The molecule has 5 nitrogen and oxygen atoms in total. The van der Waals surface area contributed by atoms with E-state index in [0.29, 0.717) is 24.5 Å². The second-order valence-corrected chi connectivity index (χ2v) is 8.76. The van der Waals surface area contributed by atoms with Crippen LogP contribution in [0, 0.1) is 0 Å². The minimum atomic E-state index is -0.413. The molecule has 32 heavy (non-hydrogen) atoms. The fraction of sp³-hybridized carbons (Fsp3) is 0.308. The highest BCUT2D eigenvalue weighted by Crippen LogP contribution is 2.38. The van der Waals surface area contributed by atoms with Gasteiger partial charge in [0.1, 0.15) is 12.4 Å². The predicted molar refractivity (Wildman–Crippen MR) is 124 cm³/mol. The number of piperidine rings is 1. The van der Waals surface area contributed by atoms with Crippen molar-refractivity contribution in [1.82, 2.24) is 5.32 Å². The van der Waals surface area contributed by atoms with E-state index in [1.807, 2.05) is 42.5 Å². The maximum Gasteiger partial charge on any atom is 0.234 e. The Morgan fingerprint density at radius 2 is 1.88 bits per heavy atom. The SMILES string of the molecule is O=C1CCC(c2cccc(-c3ccc4cc(OCC5CCCO5)ccc4c3)c2Cl)C(=O)N1. The van der Waals surface area contributed by atoms with Crippen LogP contribution >= 0.6 is 11.6 Å². The lowest BCUT2D eigenvalue weighted by Gasteiger charge is -2.23. The van der Waals surface area contributed by atoms with Crippen LogP contribution in [0.4, 0.5) is 0 Å². The number of benzene rings is 3. The van der Waals surface area contributed by atoms with Gasteiger partial charge in [-0.2, -0.15) is 0 Å². The number of fused-ring (bicyclic) bond motifs is 1. The van der Waals surface area contributed by atoms with Crippen molar-refractivity contribution in [2.45, 2.75) is 37.7 Å². The van der Waals surface area contributed by atoms with E-state index in [4.69, 9.17) is 21.1 Å². The molecule has 0 aliphatic carbocycles. The number of amides is 2. The number of halogens is 1. The lowest BCUT2D eigenvalue weighted by atomic mass is 9.88. The first kappa shape index (κ1) is 21.0. The summed E-state index contributed by atoms with van der Waals surface area (Å²) in [7, 11) is 0. The quantitative estimate of drug-likeness (QED) is 0.541. The smallest absolute Gasteiger partial charge is 0.234 e. The zero-order valence-electron chi connectivity index (χ0n) is 17.6. The molecule has 0 aromatic heterocycles. The summed E-state index contributed by atoms with van der Waals surface area (Å²) >= 11 is 6.76. The summed E-state index contributed by atoms with van der Waals surface area (Å²) in [5.74, 6) is -0.0932. The zero-order chi connectivity index (χ0) is 22.1. The van der Waals surface area contributed by atoms with Crippen molar-refractivity contribution in [1.29, 1.82) is 0 Å². The molecule has 5 rings (SSSR count). The summed E-state index contributed by atoms with van der Waals surface area (Å²) in [6.07, 6.45) is 3.13. The Balaban J connectivity index is 1.40. The molecule has 2 saturated heterocycles. The van der Waals surface area contributed by atoms with Gasteiger partial charge in [0.15, 0.2) is 0 Å². The number of ether oxygens (including phenoxy) is 2. The Labute approximate surface area is 191 Å². The average molecular weight is 450 g/mol. The van der Waals surface area contributed by atoms with Gasteiger partial charge < -0.3 is 9.47 Å². The molecule has 3 aromatic rings. The molecule has 2 fully saturated rings. The van der Waals surface area contributed by atoms with Gasteiger partial charge in [-0.15, -0.1) is 0 Å². The molecule has 2 unspecified atom stereocenters. The van der Waals surface area contributed by atoms with Crippen LogP contribution in [-0.2, 0) is 14.3 Å². The van der Waals surface area contributed by atoms with Crippen molar-refractivity contribution in [2.75, 3.05) is 13.2 Å². The number of nitrogens with one attached hydrogen (secondary N) is 1. The number of hydrogen-bond acceptors (Lipinski definition) is 4.